The van der Waals surface area contributed by atoms with E-state index >= 15 is 0 Å². The van der Waals surface area contributed by atoms with Crippen LogP contribution in [0.15, 0.2) is 48.5 Å². The zero-order chi connectivity index (χ0) is 15.0. The Morgan fingerprint density at radius 1 is 0.800 bits per heavy atom. The molecule has 0 spiro atoms. The van der Waals surface area contributed by atoms with E-state index in [1.54, 1.807) is 0 Å². The van der Waals surface area contributed by atoms with Gasteiger partial charge in [-0.25, -0.2) is 0 Å². The summed E-state index contributed by atoms with van der Waals surface area (Å²) in [6.45, 7) is 8.65. The summed E-state index contributed by atoms with van der Waals surface area (Å²) in [4.78, 5) is 0. The lowest BCUT2D eigenvalue weighted by atomic mass is 9.82. The highest BCUT2D eigenvalue weighted by Gasteiger charge is 2.24. The third-order valence-electron chi connectivity index (χ3n) is 3.77. The molecule has 0 bridgehead atoms. The fraction of sp³-hybridized carbons (Fsp3) is 0.333. The molecule has 0 saturated heterocycles. The lowest BCUT2D eigenvalue weighted by Gasteiger charge is -2.27. The molecule has 0 radical (unpaired) electrons. The second-order valence-electron chi connectivity index (χ2n) is 6.54. The second kappa shape index (κ2) is 5.23. The molecule has 20 heavy (non-hydrogen) atoms. The normalized spacial score (nSPS) is 14.9. The summed E-state index contributed by atoms with van der Waals surface area (Å²) in [7, 11) is 0. The van der Waals surface area contributed by atoms with Crippen LogP contribution >= 0.6 is 11.6 Å². The van der Waals surface area contributed by atoms with Gasteiger partial charge in [-0.3, -0.25) is 0 Å². The molecular weight excluding hydrogens is 266 g/mol. The van der Waals surface area contributed by atoms with Gasteiger partial charge in [0.2, 0.25) is 0 Å². The van der Waals surface area contributed by atoms with E-state index in [-0.39, 0.29) is 5.41 Å². The van der Waals surface area contributed by atoms with Gasteiger partial charge < -0.3 is 5.73 Å². The minimum Gasteiger partial charge on any atom is -0.318 e. The molecule has 0 aromatic heterocycles. The minimum absolute atomic E-state index is 0.152. The Morgan fingerprint density at radius 3 is 1.85 bits per heavy atom. The zero-order valence-corrected chi connectivity index (χ0v) is 13.3. The number of rotatable bonds is 2. The molecular formula is C18H22ClN. The van der Waals surface area contributed by atoms with E-state index < -0.39 is 5.54 Å². The maximum atomic E-state index is 6.53. The Kier molecular flexibility index (Phi) is 3.95. The van der Waals surface area contributed by atoms with Gasteiger partial charge in [0.05, 0.1) is 5.54 Å². The first-order valence-electron chi connectivity index (χ1n) is 6.87. The predicted octanol–water partition coefficient (Wildman–Crippen LogP) is 4.86. The van der Waals surface area contributed by atoms with E-state index in [1.165, 1.54) is 5.56 Å². The number of benzene rings is 2. The van der Waals surface area contributed by atoms with Crippen molar-refractivity contribution in [3.05, 3.63) is 70.2 Å². The van der Waals surface area contributed by atoms with Crippen LogP contribution in [0.4, 0.5) is 0 Å². The first-order chi connectivity index (χ1) is 9.21. The summed E-state index contributed by atoms with van der Waals surface area (Å²) in [6, 6.07) is 16.3. The van der Waals surface area contributed by atoms with Crippen molar-refractivity contribution in [2.45, 2.75) is 38.6 Å². The average Bonchev–Trinajstić information content (AvgIpc) is 2.38. The van der Waals surface area contributed by atoms with Crippen molar-refractivity contribution >= 4 is 11.6 Å². The Hall–Kier alpha value is -1.31. The largest absolute Gasteiger partial charge is 0.318 e. The standard InChI is InChI=1S/C18H22ClN/c1-17(2,3)13-8-10-14(11-9-13)18(4,20)15-6-5-7-16(19)12-15/h5-12H,20H2,1-4H3. The summed E-state index contributed by atoms with van der Waals surface area (Å²) < 4.78 is 0. The monoisotopic (exact) mass is 287 g/mol. The third kappa shape index (κ3) is 3.05. The second-order valence-corrected chi connectivity index (χ2v) is 6.98. The molecule has 0 heterocycles. The van der Waals surface area contributed by atoms with Crippen LogP contribution in [0.3, 0.4) is 0 Å². The molecule has 2 heteroatoms. The highest BCUT2D eigenvalue weighted by Crippen LogP contribution is 2.30. The van der Waals surface area contributed by atoms with Crippen molar-refractivity contribution in [2.75, 3.05) is 0 Å². The molecule has 2 rings (SSSR count). The lowest BCUT2D eigenvalue weighted by Crippen LogP contribution is -2.34. The molecule has 1 nitrogen and oxygen atoms in total. The van der Waals surface area contributed by atoms with Crippen LogP contribution in [0, 0.1) is 0 Å². The van der Waals surface area contributed by atoms with Crippen molar-refractivity contribution in [2.24, 2.45) is 5.73 Å². The van der Waals surface area contributed by atoms with Gasteiger partial charge in [-0.1, -0.05) is 68.8 Å². The van der Waals surface area contributed by atoms with Gasteiger partial charge in [-0.2, -0.15) is 0 Å². The van der Waals surface area contributed by atoms with E-state index in [4.69, 9.17) is 17.3 Å². The van der Waals surface area contributed by atoms with Crippen molar-refractivity contribution in [1.29, 1.82) is 0 Å². The number of halogens is 1. The molecule has 2 N–H and O–H groups in total. The summed E-state index contributed by atoms with van der Waals surface area (Å²) in [6.07, 6.45) is 0. The van der Waals surface area contributed by atoms with Crippen LogP contribution in [-0.2, 0) is 11.0 Å². The van der Waals surface area contributed by atoms with E-state index in [1.807, 2.05) is 31.2 Å². The number of hydrogen-bond donors (Lipinski definition) is 1. The molecule has 2 aromatic rings. The molecule has 2 aromatic carbocycles. The maximum Gasteiger partial charge on any atom is 0.0637 e. The van der Waals surface area contributed by atoms with Gasteiger partial charge in [0.1, 0.15) is 0 Å². The lowest BCUT2D eigenvalue weighted by molar-refractivity contribution is 0.582. The summed E-state index contributed by atoms with van der Waals surface area (Å²) in [5.74, 6) is 0. The smallest absolute Gasteiger partial charge is 0.0637 e. The Balaban J connectivity index is 2.39. The Morgan fingerprint density at radius 2 is 1.35 bits per heavy atom. The molecule has 0 aliphatic carbocycles. The summed E-state index contributed by atoms with van der Waals surface area (Å²) >= 11 is 6.07. The van der Waals surface area contributed by atoms with Crippen LogP contribution in [0.2, 0.25) is 5.02 Å². The topological polar surface area (TPSA) is 26.0 Å². The van der Waals surface area contributed by atoms with E-state index in [9.17, 15) is 0 Å². The first kappa shape index (κ1) is 15.1. The van der Waals surface area contributed by atoms with Crippen LogP contribution in [0.5, 0.6) is 0 Å². The van der Waals surface area contributed by atoms with Crippen LogP contribution in [0.1, 0.15) is 44.4 Å². The van der Waals surface area contributed by atoms with Crippen molar-refractivity contribution < 1.29 is 0 Å². The van der Waals surface area contributed by atoms with Gasteiger partial charge >= 0.3 is 0 Å². The van der Waals surface area contributed by atoms with Gasteiger partial charge in [0, 0.05) is 5.02 Å². The molecule has 0 saturated carbocycles. The van der Waals surface area contributed by atoms with Crippen LogP contribution in [0.25, 0.3) is 0 Å². The first-order valence-corrected chi connectivity index (χ1v) is 7.25. The van der Waals surface area contributed by atoms with E-state index in [0.29, 0.717) is 5.02 Å². The highest BCUT2D eigenvalue weighted by molar-refractivity contribution is 6.30. The molecule has 1 unspecified atom stereocenters. The molecule has 0 aliphatic rings. The van der Waals surface area contributed by atoms with Crippen molar-refractivity contribution in [3.8, 4) is 0 Å². The third-order valence-corrected chi connectivity index (χ3v) is 4.01. The quantitative estimate of drug-likeness (QED) is 0.839. The fourth-order valence-electron chi connectivity index (χ4n) is 2.29. The maximum absolute atomic E-state index is 6.53. The van der Waals surface area contributed by atoms with Gasteiger partial charge in [-0.15, -0.1) is 0 Å². The van der Waals surface area contributed by atoms with Crippen LogP contribution in [-0.4, -0.2) is 0 Å². The molecule has 0 aliphatic heterocycles. The SMILES string of the molecule is CC(C)(C)c1ccc(C(C)(N)c2cccc(Cl)c2)cc1. The Bertz CT molecular complexity index is 592. The van der Waals surface area contributed by atoms with Gasteiger partial charge in [0.15, 0.2) is 0 Å². The van der Waals surface area contributed by atoms with Gasteiger partial charge in [0.25, 0.3) is 0 Å². The fourth-order valence-corrected chi connectivity index (χ4v) is 2.48. The zero-order valence-electron chi connectivity index (χ0n) is 12.6. The number of hydrogen-bond acceptors (Lipinski definition) is 1. The highest BCUT2D eigenvalue weighted by atomic mass is 35.5. The predicted molar refractivity (Wildman–Crippen MR) is 87.2 cm³/mol. The Labute approximate surface area is 126 Å². The summed E-state index contributed by atoms with van der Waals surface area (Å²) in [5.41, 5.74) is 9.56. The molecule has 106 valence electrons. The van der Waals surface area contributed by atoms with E-state index in [2.05, 4.69) is 45.0 Å². The van der Waals surface area contributed by atoms with E-state index in [0.717, 1.165) is 11.1 Å². The average molecular weight is 288 g/mol. The molecule has 0 fully saturated rings. The summed E-state index contributed by atoms with van der Waals surface area (Å²) in [5, 5.41) is 0.713. The molecule has 1 atom stereocenters. The number of nitrogens with two attached hydrogens (primary N) is 1. The van der Waals surface area contributed by atoms with Crippen molar-refractivity contribution in [1.82, 2.24) is 0 Å². The van der Waals surface area contributed by atoms with Gasteiger partial charge in [-0.05, 0) is 41.2 Å². The van der Waals surface area contributed by atoms with Crippen molar-refractivity contribution in [3.63, 3.8) is 0 Å². The van der Waals surface area contributed by atoms with Crippen LogP contribution < -0.4 is 5.73 Å². The minimum atomic E-state index is -0.540. The molecule has 0 amide bonds.